The minimum Gasteiger partial charge on any atom is -0.481 e. The molecule has 0 heterocycles. The van der Waals surface area contributed by atoms with Gasteiger partial charge in [-0.05, 0) is 25.7 Å². The van der Waals surface area contributed by atoms with Crippen molar-refractivity contribution in [3.05, 3.63) is 0 Å². The molecule has 0 spiro atoms. The molecular formula is C77H156O12. The third kappa shape index (κ3) is 99.5. The number of aliphatic hydroxyl groups excluding tert-OH is 4. The highest BCUT2D eigenvalue weighted by molar-refractivity contribution is 5.67. The molecule has 0 aromatic heterocycles. The molecule has 0 aromatic carbocycles. The van der Waals surface area contributed by atoms with Crippen LogP contribution in [-0.4, -0.2) is 91.2 Å². The van der Waals surface area contributed by atoms with Crippen molar-refractivity contribution in [3.63, 3.8) is 0 Å². The van der Waals surface area contributed by atoms with Crippen molar-refractivity contribution in [2.45, 2.75) is 439 Å². The summed E-state index contributed by atoms with van der Waals surface area (Å²) >= 11 is 0. The lowest BCUT2D eigenvalue weighted by molar-refractivity contribution is -0.138. The van der Waals surface area contributed by atoms with Gasteiger partial charge in [0.05, 0.1) is 31.8 Å². The Morgan fingerprint density at radius 1 is 0.180 bits per heavy atom. The molecule has 8 N–H and O–H groups in total. The van der Waals surface area contributed by atoms with E-state index in [1.807, 2.05) is 0 Å². The summed E-state index contributed by atoms with van der Waals surface area (Å²) in [6.07, 6.45) is 80.8. The molecule has 0 radical (unpaired) electrons. The molecule has 89 heavy (non-hydrogen) atoms. The maximum absolute atomic E-state index is 10.3. The summed E-state index contributed by atoms with van der Waals surface area (Å²) in [6, 6.07) is 0. The first kappa shape index (κ1) is 95.4. The van der Waals surface area contributed by atoms with E-state index in [1.54, 1.807) is 0 Å². The second-order valence-corrected chi connectivity index (χ2v) is 26.5. The molecule has 12 heteroatoms. The molecule has 0 bridgehead atoms. The van der Waals surface area contributed by atoms with E-state index in [-0.39, 0.29) is 0 Å². The van der Waals surface area contributed by atoms with E-state index in [0.717, 1.165) is 51.4 Å². The molecule has 0 aliphatic heterocycles. The number of rotatable bonds is 68. The van der Waals surface area contributed by atoms with E-state index in [4.69, 9.17) is 40.9 Å². The Labute approximate surface area is 551 Å². The monoisotopic (exact) mass is 1270 g/mol. The molecule has 0 fully saturated rings. The van der Waals surface area contributed by atoms with Crippen LogP contribution in [0.5, 0.6) is 0 Å². The van der Waals surface area contributed by atoms with Crippen LogP contribution in [0, 0.1) is 5.41 Å². The smallest absolute Gasteiger partial charge is 0.303 e. The third-order valence-electron chi connectivity index (χ3n) is 17.3. The van der Waals surface area contributed by atoms with Crippen molar-refractivity contribution in [3.8, 4) is 0 Å². The Morgan fingerprint density at radius 2 is 0.270 bits per heavy atom. The fourth-order valence-corrected chi connectivity index (χ4v) is 10.9. The zero-order valence-electron chi connectivity index (χ0n) is 59.8. The van der Waals surface area contributed by atoms with Gasteiger partial charge >= 0.3 is 23.9 Å². The van der Waals surface area contributed by atoms with Crippen LogP contribution < -0.4 is 0 Å². The summed E-state index contributed by atoms with van der Waals surface area (Å²) in [4.78, 5) is 41.3. The molecule has 0 aliphatic carbocycles. The number of carbonyl (C=O) groups is 4. The average molecular weight is 1270 g/mol. The van der Waals surface area contributed by atoms with Crippen molar-refractivity contribution in [2.24, 2.45) is 5.41 Å². The highest BCUT2D eigenvalue weighted by Gasteiger charge is 2.26. The number of aliphatic carboxylic acids is 4. The summed E-state index contributed by atoms with van der Waals surface area (Å²) in [7, 11) is 0. The van der Waals surface area contributed by atoms with Crippen LogP contribution in [0.4, 0.5) is 0 Å². The fraction of sp³-hybridized carbons (Fsp3) is 0.948. The van der Waals surface area contributed by atoms with E-state index in [1.165, 1.54) is 334 Å². The maximum atomic E-state index is 10.3. The minimum atomic E-state index is -1.11. The lowest BCUT2D eigenvalue weighted by Gasteiger charge is -2.23. The summed E-state index contributed by atoms with van der Waals surface area (Å²) in [5.41, 5.74) is -1.11. The summed E-state index contributed by atoms with van der Waals surface area (Å²) < 4.78 is 0. The van der Waals surface area contributed by atoms with Gasteiger partial charge in [0.25, 0.3) is 0 Å². The summed E-state index contributed by atoms with van der Waals surface area (Å²) in [6.45, 7) is 7.46. The number of aliphatic hydroxyl groups is 4. The quantitative estimate of drug-likeness (QED) is 0.0266. The first-order valence-electron chi connectivity index (χ1n) is 38.6. The lowest BCUT2D eigenvalue weighted by atomic mass is 9.93. The number of carboxylic acids is 4. The molecule has 0 rings (SSSR count). The van der Waals surface area contributed by atoms with Crippen molar-refractivity contribution >= 4 is 23.9 Å². The van der Waals surface area contributed by atoms with E-state index in [2.05, 4.69) is 27.7 Å². The molecule has 0 aliphatic rings. The second-order valence-electron chi connectivity index (χ2n) is 26.5. The average Bonchev–Trinajstić information content (AvgIpc) is 3.74. The third-order valence-corrected chi connectivity index (χ3v) is 17.3. The van der Waals surface area contributed by atoms with Gasteiger partial charge in [0.1, 0.15) is 0 Å². The van der Waals surface area contributed by atoms with Crippen LogP contribution in [0.2, 0.25) is 0 Å². The number of unbranched alkanes of at least 4 members (excludes halogenated alkanes) is 56. The summed E-state index contributed by atoms with van der Waals surface area (Å²) in [5, 5.41) is 68.1. The predicted octanol–water partition coefficient (Wildman–Crippen LogP) is 23.3. The zero-order valence-corrected chi connectivity index (χ0v) is 59.8. The SMILES string of the molecule is CCCCCCCCCCCCCCCCCC(=O)O.CCCCCCCCCCCCCCCCCC(=O)O.CCCCCCCCCCCCCCCCCC(=O)O.CCCCCCCCCCCCCCCCCC(=O)O.OCC(CO)(CO)CO. The topological polar surface area (TPSA) is 230 Å². The van der Waals surface area contributed by atoms with Crippen molar-refractivity contribution in [1.82, 2.24) is 0 Å². The van der Waals surface area contributed by atoms with Crippen LogP contribution in [0.1, 0.15) is 439 Å². The van der Waals surface area contributed by atoms with Gasteiger partial charge in [-0.1, -0.05) is 387 Å². The second kappa shape index (κ2) is 87.8. The van der Waals surface area contributed by atoms with Gasteiger partial charge < -0.3 is 40.9 Å². The Hall–Kier alpha value is -2.28. The van der Waals surface area contributed by atoms with Crippen LogP contribution >= 0.6 is 0 Å². The van der Waals surface area contributed by atoms with Crippen LogP contribution in [0.3, 0.4) is 0 Å². The highest BCUT2D eigenvalue weighted by atomic mass is 16.4. The maximum Gasteiger partial charge on any atom is 0.303 e. The fourth-order valence-electron chi connectivity index (χ4n) is 10.9. The van der Waals surface area contributed by atoms with Gasteiger partial charge in [0.15, 0.2) is 0 Å². The van der Waals surface area contributed by atoms with Gasteiger partial charge in [-0.25, -0.2) is 0 Å². The van der Waals surface area contributed by atoms with Crippen molar-refractivity contribution in [2.75, 3.05) is 26.4 Å². The van der Waals surface area contributed by atoms with Crippen LogP contribution in [0.15, 0.2) is 0 Å². The molecule has 536 valence electrons. The van der Waals surface area contributed by atoms with Gasteiger partial charge in [0.2, 0.25) is 0 Å². The number of hydrogen-bond acceptors (Lipinski definition) is 8. The molecule has 0 saturated heterocycles. The Morgan fingerprint density at radius 3 is 0.337 bits per heavy atom. The molecular weight excluding hydrogens is 1120 g/mol. The van der Waals surface area contributed by atoms with Crippen LogP contribution in [0.25, 0.3) is 0 Å². The van der Waals surface area contributed by atoms with Crippen LogP contribution in [-0.2, 0) is 19.2 Å². The van der Waals surface area contributed by atoms with E-state index in [9.17, 15) is 19.2 Å². The standard InChI is InChI=1S/4C18H36O2.C5H12O4/c4*1-2-3-4-5-6-7-8-9-10-11-12-13-14-15-16-17-18(19)20;6-1-5(2-7,3-8)4-9/h4*2-17H2,1H3,(H,19,20);6-9H,1-4H2. The molecule has 0 unspecified atom stereocenters. The normalized spacial score (nSPS) is 11.0. The molecule has 0 saturated carbocycles. The van der Waals surface area contributed by atoms with Crippen molar-refractivity contribution < 1.29 is 60.0 Å². The van der Waals surface area contributed by atoms with Gasteiger partial charge in [-0.3, -0.25) is 19.2 Å². The Kier molecular flexibility index (Phi) is 94.1. The van der Waals surface area contributed by atoms with Gasteiger partial charge in [-0.2, -0.15) is 0 Å². The first-order valence-corrected chi connectivity index (χ1v) is 38.6. The molecule has 12 nitrogen and oxygen atoms in total. The van der Waals surface area contributed by atoms with E-state index in [0.29, 0.717) is 25.7 Å². The predicted molar refractivity (Wildman–Crippen MR) is 380 cm³/mol. The highest BCUT2D eigenvalue weighted by Crippen LogP contribution is 2.19. The zero-order chi connectivity index (χ0) is 66.9. The largest absolute Gasteiger partial charge is 0.481 e. The van der Waals surface area contributed by atoms with Gasteiger partial charge in [0, 0.05) is 25.7 Å². The number of hydrogen-bond donors (Lipinski definition) is 8. The minimum absolute atomic E-state index is 0.345. The lowest BCUT2D eigenvalue weighted by Crippen LogP contribution is -2.37. The summed E-state index contributed by atoms with van der Waals surface area (Å²) in [5.74, 6) is -2.61. The Bertz CT molecular complexity index is 1130. The molecule has 0 amide bonds. The first-order chi connectivity index (χ1) is 43.3. The Balaban J connectivity index is -0.000000336. The van der Waals surface area contributed by atoms with E-state index >= 15 is 0 Å². The van der Waals surface area contributed by atoms with Gasteiger partial charge in [-0.15, -0.1) is 0 Å². The molecule has 0 aromatic rings. The number of carboxylic acid groups (broad SMARTS) is 4. The van der Waals surface area contributed by atoms with E-state index < -0.39 is 55.7 Å². The van der Waals surface area contributed by atoms with Crippen molar-refractivity contribution in [1.29, 1.82) is 0 Å². The molecule has 0 atom stereocenters.